The molecular weight excluding hydrogens is 189 g/mol. The fraction of sp³-hybridized carbons (Fsp3) is 0.300. The third kappa shape index (κ3) is 1.84. The Labute approximate surface area is 81.9 Å². The van der Waals surface area contributed by atoms with Crippen molar-refractivity contribution >= 4 is 11.6 Å². The van der Waals surface area contributed by atoms with E-state index in [0.717, 1.165) is 18.4 Å². The zero-order chi connectivity index (χ0) is 9.26. The molecule has 1 atom stereocenters. The average molecular weight is 199 g/mol. The van der Waals surface area contributed by atoms with Gasteiger partial charge in [0, 0.05) is 17.6 Å². The summed E-state index contributed by atoms with van der Waals surface area (Å²) in [7, 11) is 0. The van der Waals surface area contributed by atoms with E-state index in [1.54, 1.807) is 6.07 Å². The smallest absolute Gasteiger partial charge is 0.123 e. The van der Waals surface area contributed by atoms with Crippen molar-refractivity contribution in [2.75, 3.05) is 0 Å². The second-order valence-electron chi connectivity index (χ2n) is 3.17. The van der Waals surface area contributed by atoms with Crippen molar-refractivity contribution in [3.8, 4) is 0 Å². The van der Waals surface area contributed by atoms with Crippen molar-refractivity contribution in [2.45, 2.75) is 18.9 Å². The Balaban J connectivity index is 2.32. The van der Waals surface area contributed by atoms with Crippen LogP contribution in [-0.2, 0) is 0 Å². The lowest BCUT2D eigenvalue weighted by Gasteiger charge is -2.11. The molecule has 1 N–H and O–H groups in total. The van der Waals surface area contributed by atoms with Crippen LogP contribution in [0.25, 0.3) is 0 Å². The molecule has 0 saturated carbocycles. The van der Waals surface area contributed by atoms with Gasteiger partial charge >= 0.3 is 0 Å². The van der Waals surface area contributed by atoms with Crippen molar-refractivity contribution in [1.29, 1.82) is 0 Å². The number of hydrogen-bond acceptors (Lipinski definition) is 1. The highest BCUT2D eigenvalue weighted by atomic mass is 35.5. The number of nitrogens with one attached hydrogen (secondary N) is 1. The molecule has 1 aliphatic heterocycles. The summed E-state index contributed by atoms with van der Waals surface area (Å²) >= 11 is 5.96. The van der Waals surface area contributed by atoms with E-state index in [1.165, 1.54) is 12.1 Å². The van der Waals surface area contributed by atoms with Gasteiger partial charge in [-0.25, -0.2) is 4.39 Å². The second-order valence-corrected chi connectivity index (χ2v) is 3.57. The quantitative estimate of drug-likeness (QED) is 0.732. The number of hydrogen-bond donors (Lipinski definition) is 1. The van der Waals surface area contributed by atoms with E-state index in [0.29, 0.717) is 5.02 Å². The van der Waals surface area contributed by atoms with Gasteiger partial charge in [-0.3, -0.25) is 0 Å². The molecule has 1 aromatic rings. The van der Waals surface area contributed by atoms with Crippen LogP contribution >= 0.6 is 11.6 Å². The van der Waals surface area contributed by atoms with Gasteiger partial charge in [-0.1, -0.05) is 11.6 Å². The van der Waals surface area contributed by atoms with E-state index in [-0.39, 0.29) is 11.9 Å². The normalized spacial score (nSPS) is 22.2. The Morgan fingerprint density at radius 3 is 3.00 bits per heavy atom. The van der Waals surface area contributed by atoms with Crippen LogP contribution in [-0.4, -0.2) is 0 Å². The fourth-order valence-electron chi connectivity index (χ4n) is 1.59. The molecule has 1 nitrogen and oxygen atoms in total. The third-order valence-corrected chi connectivity index (χ3v) is 2.60. The SMILES string of the molecule is Fc1ccc(Cl)c(C2CC[CH]N2)c1. The molecule has 1 aliphatic rings. The predicted octanol–water partition coefficient (Wildman–Crippen LogP) is 3.07. The maximum atomic E-state index is 12.9. The Morgan fingerprint density at radius 2 is 2.31 bits per heavy atom. The minimum absolute atomic E-state index is 0.184. The van der Waals surface area contributed by atoms with Crippen LogP contribution in [0.1, 0.15) is 24.4 Å². The van der Waals surface area contributed by atoms with Crippen LogP contribution in [0.5, 0.6) is 0 Å². The second kappa shape index (κ2) is 3.64. The molecule has 0 bridgehead atoms. The molecule has 0 aromatic heterocycles. The molecule has 69 valence electrons. The van der Waals surface area contributed by atoms with E-state index in [9.17, 15) is 4.39 Å². The number of rotatable bonds is 1. The fourth-order valence-corrected chi connectivity index (χ4v) is 1.84. The molecule has 3 heteroatoms. The molecule has 13 heavy (non-hydrogen) atoms. The first-order chi connectivity index (χ1) is 6.27. The highest BCUT2D eigenvalue weighted by Crippen LogP contribution is 2.30. The molecule has 1 fully saturated rings. The van der Waals surface area contributed by atoms with Gasteiger partial charge in [-0.05, 0) is 36.6 Å². The van der Waals surface area contributed by atoms with Crippen molar-refractivity contribution in [2.24, 2.45) is 0 Å². The van der Waals surface area contributed by atoms with Gasteiger partial charge in [0.1, 0.15) is 5.82 Å². The third-order valence-electron chi connectivity index (χ3n) is 2.25. The largest absolute Gasteiger partial charge is 0.306 e. The van der Waals surface area contributed by atoms with Crippen LogP contribution in [0.3, 0.4) is 0 Å². The number of halogens is 2. The van der Waals surface area contributed by atoms with E-state index < -0.39 is 0 Å². The lowest BCUT2D eigenvalue weighted by atomic mass is 10.1. The van der Waals surface area contributed by atoms with Crippen molar-refractivity contribution in [1.82, 2.24) is 5.32 Å². The van der Waals surface area contributed by atoms with Gasteiger partial charge < -0.3 is 5.32 Å². The summed E-state index contributed by atoms with van der Waals surface area (Å²) in [6.45, 7) is 1.99. The molecule has 2 rings (SSSR count). The molecule has 0 aliphatic carbocycles. The summed E-state index contributed by atoms with van der Waals surface area (Å²) in [5.74, 6) is -0.229. The first-order valence-corrected chi connectivity index (χ1v) is 4.68. The summed E-state index contributed by atoms with van der Waals surface area (Å²) in [5.41, 5.74) is 0.857. The molecule has 0 spiro atoms. The summed E-state index contributed by atoms with van der Waals surface area (Å²) in [4.78, 5) is 0. The van der Waals surface area contributed by atoms with Crippen LogP contribution in [0, 0.1) is 12.4 Å². The lowest BCUT2D eigenvalue weighted by molar-refractivity contribution is 0.610. The summed E-state index contributed by atoms with van der Waals surface area (Å²) < 4.78 is 12.9. The van der Waals surface area contributed by atoms with E-state index >= 15 is 0 Å². The first kappa shape index (κ1) is 8.97. The maximum absolute atomic E-state index is 12.9. The molecule has 1 aromatic carbocycles. The van der Waals surface area contributed by atoms with Crippen molar-refractivity contribution in [3.05, 3.63) is 41.1 Å². The Hall–Kier alpha value is -0.600. The van der Waals surface area contributed by atoms with Crippen LogP contribution in [0.15, 0.2) is 18.2 Å². The molecule has 1 heterocycles. The van der Waals surface area contributed by atoms with Gasteiger partial charge in [-0.2, -0.15) is 0 Å². The Kier molecular flexibility index (Phi) is 2.51. The maximum Gasteiger partial charge on any atom is 0.123 e. The van der Waals surface area contributed by atoms with E-state index in [4.69, 9.17) is 11.6 Å². The van der Waals surface area contributed by atoms with E-state index in [2.05, 4.69) is 5.32 Å². The summed E-state index contributed by atoms with van der Waals surface area (Å²) in [5, 5.41) is 3.80. The monoisotopic (exact) mass is 198 g/mol. The average Bonchev–Trinajstić information content (AvgIpc) is 2.61. The van der Waals surface area contributed by atoms with Crippen LogP contribution in [0.2, 0.25) is 5.02 Å². The number of benzene rings is 1. The minimum atomic E-state index is -0.229. The molecular formula is C10H10ClFN. The minimum Gasteiger partial charge on any atom is -0.306 e. The highest BCUT2D eigenvalue weighted by Gasteiger charge is 2.19. The van der Waals surface area contributed by atoms with Gasteiger partial charge in [0.05, 0.1) is 0 Å². The highest BCUT2D eigenvalue weighted by molar-refractivity contribution is 6.31. The van der Waals surface area contributed by atoms with Crippen LogP contribution < -0.4 is 5.32 Å². The Bertz CT molecular complexity index is 308. The molecule has 1 unspecified atom stereocenters. The predicted molar refractivity (Wildman–Crippen MR) is 50.8 cm³/mol. The van der Waals surface area contributed by atoms with Crippen LogP contribution in [0.4, 0.5) is 4.39 Å². The van der Waals surface area contributed by atoms with E-state index in [1.807, 2.05) is 6.54 Å². The van der Waals surface area contributed by atoms with Gasteiger partial charge in [0.25, 0.3) is 0 Å². The molecule has 1 radical (unpaired) electrons. The molecule has 1 saturated heterocycles. The zero-order valence-electron chi connectivity index (χ0n) is 7.06. The topological polar surface area (TPSA) is 12.0 Å². The van der Waals surface area contributed by atoms with Gasteiger partial charge in [0.2, 0.25) is 0 Å². The standard InChI is InChI=1S/C10H10ClFN/c11-9-4-3-7(12)6-8(9)10-2-1-5-13-10/h3-6,10,13H,1-2H2. The summed E-state index contributed by atoms with van der Waals surface area (Å²) in [6.07, 6.45) is 2.00. The molecule has 0 amide bonds. The lowest BCUT2D eigenvalue weighted by Crippen LogP contribution is -2.10. The Morgan fingerprint density at radius 1 is 1.46 bits per heavy atom. The van der Waals surface area contributed by atoms with Gasteiger partial charge in [-0.15, -0.1) is 0 Å². The van der Waals surface area contributed by atoms with Gasteiger partial charge in [0.15, 0.2) is 0 Å². The first-order valence-electron chi connectivity index (χ1n) is 4.30. The summed E-state index contributed by atoms with van der Waals surface area (Å²) in [6, 6.07) is 4.67. The van der Waals surface area contributed by atoms with Crippen molar-refractivity contribution in [3.63, 3.8) is 0 Å². The van der Waals surface area contributed by atoms with Crippen molar-refractivity contribution < 1.29 is 4.39 Å². The zero-order valence-corrected chi connectivity index (χ0v) is 7.81.